The van der Waals surface area contributed by atoms with Crippen LogP contribution in [0.15, 0.2) is 36.7 Å². The predicted molar refractivity (Wildman–Crippen MR) is 109 cm³/mol. The molecule has 2 N–H and O–H groups in total. The number of nitrogens with zero attached hydrogens (tertiary/aromatic N) is 4. The van der Waals surface area contributed by atoms with Gasteiger partial charge in [-0.1, -0.05) is 36.3 Å². The molecule has 2 aromatic heterocycles. The zero-order chi connectivity index (χ0) is 19.0. The largest absolute Gasteiger partial charge is 0.383 e. The standard InChI is InChI=1S/C22H29N5O/c28-22(9-3-4-10-22)21-16-27(25-24-21)14-17-6-5-11-26(13-17)15-18-12-23-20-8-2-1-7-19(18)20/h1-2,7-8,12,16-17,23,28H,3-6,9-11,13-15H2. The van der Waals surface area contributed by atoms with Crippen molar-refractivity contribution in [3.05, 3.63) is 47.9 Å². The Morgan fingerprint density at radius 3 is 2.93 bits per heavy atom. The van der Waals surface area contributed by atoms with E-state index in [4.69, 9.17) is 0 Å². The minimum atomic E-state index is -0.744. The number of nitrogens with one attached hydrogen (secondary N) is 1. The quantitative estimate of drug-likeness (QED) is 0.712. The molecule has 0 radical (unpaired) electrons. The number of fused-ring (bicyclic) bond motifs is 1. The fourth-order valence-electron chi connectivity index (χ4n) is 5.03. The third-order valence-corrected chi connectivity index (χ3v) is 6.56. The molecule has 2 fully saturated rings. The fraction of sp³-hybridized carbons (Fsp3) is 0.545. The number of aromatic nitrogens is 4. The Kier molecular flexibility index (Phi) is 4.69. The minimum Gasteiger partial charge on any atom is -0.383 e. The van der Waals surface area contributed by atoms with E-state index in [0.29, 0.717) is 5.92 Å². The van der Waals surface area contributed by atoms with E-state index in [9.17, 15) is 5.11 Å². The van der Waals surface area contributed by atoms with Crippen LogP contribution in [0, 0.1) is 5.92 Å². The first kappa shape index (κ1) is 17.9. The average Bonchev–Trinajstić information content (AvgIpc) is 3.44. The molecule has 1 aliphatic carbocycles. The van der Waals surface area contributed by atoms with Crippen molar-refractivity contribution in [3.8, 4) is 0 Å². The van der Waals surface area contributed by atoms with Gasteiger partial charge in [0.25, 0.3) is 0 Å². The van der Waals surface area contributed by atoms with Gasteiger partial charge in [-0.2, -0.15) is 0 Å². The molecule has 148 valence electrons. The van der Waals surface area contributed by atoms with E-state index in [2.05, 4.69) is 50.7 Å². The van der Waals surface area contributed by atoms with Crippen molar-refractivity contribution in [1.29, 1.82) is 0 Å². The van der Waals surface area contributed by atoms with Gasteiger partial charge in [0.1, 0.15) is 11.3 Å². The van der Waals surface area contributed by atoms with E-state index >= 15 is 0 Å². The third kappa shape index (κ3) is 3.47. The fourth-order valence-corrected chi connectivity index (χ4v) is 5.03. The molecule has 1 saturated heterocycles. The SMILES string of the molecule is OC1(c2cn(CC3CCCN(Cc4c[nH]c5ccccc45)C3)nn2)CCCC1. The van der Waals surface area contributed by atoms with Crippen molar-refractivity contribution in [2.75, 3.05) is 13.1 Å². The minimum absolute atomic E-state index is 0.576. The second kappa shape index (κ2) is 7.33. The molecule has 28 heavy (non-hydrogen) atoms. The summed E-state index contributed by atoms with van der Waals surface area (Å²) in [5, 5.41) is 20.7. The summed E-state index contributed by atoms with van der Waals surface area (Å²) in [6, 6.07) is 8.53. The second-order valence-electron chi connectivity index (χ2n) is 8.67. The third-order valence-electron chi connectivity index (χ3n) is 6.56. The maximum atomic E-state index is 10.7. The Labute approximate surface area is 165 Å². The summed E-state index contributed by atoms with van der Waals surface area (Å²) in [6.45, 7) is 4.10. The first-order chi connectivity index (χ1) is 13.7. The molecule has 3 heterocycles. The van der Waals surface area contributed by atoms with Crippen LogP contribution < -0.4 is 0 Å². The van der Waals surface area contributed by atoms with Gasteiger partial charge in [0.2, 0.25) is 0 Å². The van der Waals surface area contributed by atoms with Crippen LogP contribution in [0.4, 0.5) is 0 Å². The summed E-state index contributed by atoms with van der Waals surface area (Å²) < 4.78 is 1.95. The highest BCUT2D eigenvalue weighted by atomic mass is 16.3. The first-order valence-electron chi connectivity index (χ1n) is 10.6. The maximum absolute atomic E-state index is 10.7. The molecule has 6 heteroatoms. The number of hydrogen-bond donors (Lipinski definition) is 2. The maximum Gasteiger partial charge on any atom is 0.114 e. The summed E-state index contributed by atoms with van der Waals surface area (Å²) >= 11 is 0. The van der Waals surface area contributed by atoms with Gasteiger partial charge < -0.3 is 10.1 Å². The summed E-state index contributed by atoms with van der Waals surface area (Å²) in [5.41, 5.74) is 2.61. The number of rotatable bonds is 5. The molecule has 1 unspecified atom stereocenters. The Morgan fingerprint density at radius 1 is 1.18 bits per heavy atom. The molecule has 0 bridgehead atoms. The predicted octanol–water partition coefficient (Wildman–Crippen LogP) is 3.43. The van der Waals surface area contributed by atoms with Crippen LogP contribution in [-0.4, -0.2) is 43.1 Å². The molecule has 1 aliphatic heterocycles. The highest BCUT2D eigenvalue weighted by molar-refractivity contribution is 5.82. The lowest BCUT2D eigenvalue weighted by Crippen LogP contribution is -2.36. The van der Waals surface area contributed by atoms with Crippen LogP contribution in [0.2, 0.25) is 0 Å². The molecule has 3 aromatic rings. The Morgan fingerprint density at radius 2 is 2.04 bits per heavy atom. The molecular weight excluding hydrogens is 350 g/mol. The monoisotopic (exact) mass is 379 g/mol. The summed E-state index contributed by atoms with van der Waals surface area (Å²) in [4.78, 5) is 5.95. The summed E-state index contributed by atoms with van der Waals surface area (Å²) in [7, 11) is 0. The van der Waals surface area contributed by atoms with Gasteiger partial charge in [-0.15, -0.1) is 5.10 Å². The van der Waals surface area contributed by atoms with E-state index in [1.54, 1.807) is 0 Å². The van der Waals surface area contributed by atoms with Crippen molar-refractivity contribution in [1.82, 2.24) is 24.9 Å². The van der Waals surface area contributed by atoms with Gasteiger partial charge in [0.05, 0.1) is 6.20 Å². The smallest absolute Gasteiger partial charge is 0.114 e. The Bertz CT molecular complexity index is 939. The van der Waals surface area contributed by atoms with Crippen molar-refractivity contribution in [3.63, 3.8) is 0 Å². The molecule has 5 rings (SSSR count). The van der Waals surface area contributed by atoms with Crippen LogP contribution >= 0.6 is 0 Å². The van der Waals surface area contributed by atoms with Gasteiger partial charge in [-0.3, -0.25) is 9.58 Å². The van der Waals surface area contributed by atoms with Crippen LogP contribution in [0.25, 0.3) is 10.9 Å². The van der Waals surface area contributed by atoms with Crippen LogP contribution in [-0.2, 0) is 18.7 Å². The van der Waals surface area contributed by atoms with Crippen LogP contribution in [0.1, 0.15) is 49.8 Å². The molecule has 1 atom stereocenters. The van der Waals surface area contributed by atoms with Crippen molar-refractivity contribution < 1.29 is 5.11 Å². The van der Waals surface area contributed by atoms with Gasteiger partial charge in [-0.25, -0.2) is 0 Å². The number of aliphatic hydroxyl groups is 1. The lowest BCUT2D eigenvalue weighted by molar-refractivity contribution is 0.0398. The normalized spacial score (nSPS) is 22.8. The van der Waals surface area contributed by atoms with E-state index in [1.165, 1.54) is 29.3 Å². The van der Waals surface area contributed by atoms with Gasteiger partial charge in [-0.05, 0) is 49.8 Å². The molecule has 1 aromatic carbocycles. The molecule has 1 saturated carbocycles. The van der Waals surface area contributed by atoms with E-state index in [1.807, 2.05) is 10.9 Å². The van der Waals surface area contributed by atoms with Crippen LogP contribution in [0.5, 0.6) is 0 Å². The Balaban J connectivity index is 1.23. The lowest BCUT2D eigenvalue weighted by atomic mass is 9.97. The average molecular weight is 380 g/mol. The lowest BCUT2D eigenvalue weighted by Gasteiger charge is -2.32. The highest BCUT2D eigenvalue weighted by Crippen LogP contribution is 2.37. The molecule has 2 aliphatic rings. The van der Waals surface area contributed by atoms with E-state index in [-0.39, 0.29) is 0 Å². The molecule has 0 amide bonds. The van der Waals surface area contributed by atoms with Gasteiger partial charge >= 0.3 is 0 Å². The van der Waals surface area contributed by atoms with Crippen molar-refractivity contribution in [2.24, 2.45) is 5.92 Å². The molecular formula is C22H29N5O. The van der Waals surface area contributed by atoms with Crippen LogP contribution in [0.3, 0.4) is 0 Å². The second-order valence-corrected chi connectivity index (χ2v) is 8.67. The summed E-state index contributed by atoms with van der Waals surface area (Å²) in [5.74, 6) is 0.576. The van der Waals surface area contributed by atoms with E-state index in [0.717, 1.165) is 57.6 Å². The number of likely N-dealkylation sites (tertiary alicyclic amines) is 1. The first-order valence-corrected chi connectivity index (χ1v) is 10.6. The number of piperidine rings is 1. The van der Waals surface area contributed by atoms with Gasteiger partial charge in [0, 0.05) is 36.7 Å². The number of para-hydroxylation sites is 1. The highest BCUT2D eigenvalue weighted by Gasteiger charge is 2.36. The Hall–Kier alpha value is -2.18. The van der Waals surface area contributed by atoms with Crippen molar-refractivity contribution in [2.45, 2.75) is 57.2 Å². The molecule has 0 spiro atoms. The van der Waals surface area contributed by atoms with Gasteiger partial charge in [0.15, 0.2) is 0 Å². The molecule has 6 nitrogen and oxygen atoms in total. The van der Waals surface area contributed by atoms with Crippen molar-refractivity contribution >= 4 is 10.9 Å². The van der Waals surface area contributed by atoms with E-state index < -0.39 is 5.60 Å². The number of benzene rings is 1. The zero-order valence-electron chi connectivity index (χ0n) is 16.3. The number of hydrogen-bond acceptors (Lipinski definition) is 4. The zero-order valence-corrected chi connectivity index (χ0v) is 16.3. The summed E-state index contributed by atoms with van der Waals surface area (Å²) in [6.07, 6.45) is 10.4. The number of H-pyrrole nitrogens is 1. The topological polar surface area (TPSA) is 70.0 Å². The number of aromatic amines is 1.